The molecule has 0 aromatic heterocycles. The third-order valence-corrected chi connectivity index (χ3v) is 3.91. The van der Waals surface area contributed by atoms with Crippen LogP contribution in [0.1, 0.15) is 26.7 Å². The summed E-state index contributed by atoms with van der Waals surface area (Å²) in [7, 11) is 0. The van der Waals surface area contributed by atoms with Gasteiger partial charge in [-0.15, -0.1) is 0 Å². The second-order valence-corrected chi connectivity index (χ2v) is 5.59. The fraction of sp³-hybridized carbons (Fsp3) is 0.818. The van der Waals surface area contributed by atoms with Crippen LogP contribution in [0.5, 0.6) is 0 Å². The molecule has 2 fully saturated rings. The lowest BCUT2D eigenvalue weighted by atomic mass is 9.97. The molecule has 2 saturated heterocycles. The fourth-order valence-electron chi connectivity index (χ4n) is 2.53. The van der Waals surface area contributed by atoms with E-state index in [9.17, 15) is 9.59 Å². The van der Waals surface area contributed by atoms with Crippen molar-refractivity contribution in [2.24, 2.45) is 5.92 Å². The Hall–Kier alpha value is -0.750. The van der Waals surface area contributed by atoms with E-state index in [0.717, 1.165) is 12.8 Å². The highest BCUT2D eigenvalue weighted by molar-refractivity contribution is 7.96. The van der Waals surface area contributed by atoms with Gasteiger partial charge in [0, 0.05) is 25.9 Å². The van der Waals surface area contributed by atoms with Crippen LogP contribution >= 0.6 is 12.6 Å². The maximum atomic E-state index is 11.8. The van der Waals surface area contributed by atoms with Gasteiger partial charge in [0.25, 0.3) is 5.24 Å². The molecule has 2 N–H and O–H groups in total. The number of carbonyl (C=O) groups is 2. The molecule has 6 heteroatoms. The van der Waals surface area contributed by atoms with E-state index in [2.05, 4.69) is 23.3 Å². The van der Waals surface area contributed by atoms with Crippen molar-refractivity contribution in [3.63, 3.8) is 0 Å². The quantitative estimate of drug-likeness (QED) is 0.602. The lowest BCUT2D eigenvalue weighted by Crippen LogP contribution is -2.57. The van der Waals surface area contributed by atoms with Crippen LogP contribution in [0.4, 0.5) is 4.79 Å². The van der Waals surface area contributed by atoms with Crippen LogP contribution in [0.3, 0.4) is 0 Å². The van der Waals surface area contributed by atoms with Crippen LogP contribution in [0.2, 0.25) is 0 Å². The van der Waals surface area contributed by atoms with E-state index < -0.39 is 0 Å². The molecule has 2 aliphatic rings. The summed E-state index contributed by atoms with van der Waals surface area (Å²) in [5.41, 5.74) is -0.314. The van der Waals surface area contributed by atoms with Gasteiger partial charge >= 0.3 is 0 Å². The van der Waals surface area contributed by atoms with Crippen molar-refractivity contribution < 1.29 is 9.59 Å². The summed E-state index contributed by atoms with van der Waals surface area (Å²) in [5.74, 6) is 0.351. The summed E-state index contributed by atoms with van der Waals surface area (Å²) < 4.78 is 0. The van der Waals surface area contributed by atoms with Gasteiger partial charge in [-0.05, 0) is 5.92 Å². The van der Waals surface area contributed by atoms with Gasteiger partial charge in [0.15, 0.2) is 0 Å². The standard InChI is InChI=1S/C11H19N3O2S/c1-7(2)8-9(15)13-11(12-8)3-5-14(6-4-11)10(16)17/h7-8,12H,3-6H2,1-2H3,(H,13,15)(H,16,17). The van der Waals surface area contributed by atoms with Crippen molar-refractivity contribution in [3.8, 4) is 0 Å². The number of amides is 2. The van der Waals surface area contributed by atoms with Gasteiger partial charge in [-0.2, -0.15) is 0 Å². The maximum absolute atomic E-state index is 11.8. The number of rotatable bonds is 1. The zero-order valence-corrected chi connectivity index (χ0v) is 11.1. The van der Waals surface area contributed by atoms with Crippen molar-refractivity contribution >= 4 is 23.8 Å². The van der Waals surface area contributed by atoms with E-state index in [1.165, 1.54) is 0 Å². The molecule has 0 radical (unpaired) electrons. The molecule has 5 nitrogen and oxygen atoms in total. The molecule has 17 heavy (non-hydrogen) atoms. The molecular formula is C11H19N3O2S. The monoisotopic (exact) mass is 257 g/mol. The molecule has 0 saturated carbocycles. The first-order valence-corrected chi connectivity index (χ1v) is 6.46. The van der Waals surface area contributed by atoms with E-state index in [1.54, 1.807) is 4.90 Å². The smallest absolute Gasteiger partial charge is 0.278 e. The second kappa shape index (κ2) is 4.49. The molecule has 0 bridgehead atoms. The van der Waals surface area contributed by atoms with Crippen LogP contribution in [-0.4, -0.2) is 40.8 Å². The molecule has 0 aliphatic carbocycles. The van der Waals surface area contributed by atoms with Crippen molar-refractivity contribution in [2.75, 3.05) is 13.1 Å². The normalized spacial score (nSPS) is 27.6. The third-order valence-electron chi connectivity index (χ3n) is 3.63. The van der Waals surface area contributed by atoms with Crippen molar-refractivity contribution in [1.29, 1.82) is 0 Å². The zero-order chi connectivity index (χ0) is 12.6. The number of likely N-dealkylation sites (tertiary alicyclic amines) is 1. The first kappa shape index (κ1) is 12.7. The predicted molar refractivity (Wildman–Crippen MR) is 67.8 cm³/mol. The number of piperidine rings is 1. The Morgan fingerprint density at radius 2 is 2.06 bits per heavy atom. The average molecular weight is 257 g/mol. The Labute approximate surface area is 107 Å². The Bertz CT molecular complexity index is 338. The lowest BCUT2D eigenvalue weighted by Gasteiger charge is -2.39. The lowest BCUT2D eigenvalue weighted by molar-refractivity contribution is -0.121. The zero-order valence-electron chi connectivity index (χ0n) is 10.2. The predicted octanol–water partition coefficient (Wildman–Crippen LogP) is 0.572. The van der Waals surface area contributed by atoms with Gasteiger partial charge in [-0.25, -0.2) is 0 Å². The Balaban J connectivity index is 2.00. The summed E-state index contributed by atoms with van der Waals surface area (Å²) in [6, 6.07) is -0.117. The van der Waals surface area contributed by atoms with Crippen LogP contribution < -0.4 is 10.6 Å². The first-order valence-electron chi connectivity index (χ1n) is 6.01. The Kier molecular flexibility index (Phi) is 3.36. The van der Waals surface area contributed by atoms with Crippen LogP contribution in [0.15, 0.2) is 0 Å². The molecule has 1 unspecified atom stereocenters. The molecule has 2 amide bonds. The van der Waals surface area contributed by atoms with Gasteiger partial charge < -0.3 is 10.2 Å². The number of nitrogens with zero attached hydrogens (tertiary/aromatic N) is 1. The first-order chi connectivity index (χ1) is 7.93. The van der Waals surface area contributed by atoms with Gasteiger partial charge in [0.1, 0.15) is 0 Å². The molecule has 0 aromatic rings. The minimum absolute atomic E-state index is 0.0747. The number of hydrogen-bond acceptors (Lipinski definition) is 3. The second-order valence-electron chi connectivity index (χ2n) is 5.21. The molecular weight excluding hydrogens is 238 g/mol. The van der Waals surface area contributed by atoms with E-state index in [4.69, 9.17) is 0 Å². The average Bonchev–Trinajstić information content (AvgIpc) is 2.56. The third kappa shape index (κ3) is 2.42. The van der Waals surface area contributed by atoms with Crippen LogP contribution in [-0.2, 0) is 4.79 Å². The number of nitrogens with one attached hydrogen (secondary N) is 2. The molecule has 1 atom stereocenters. The van der Waals surface area contributed by atoms with Crippen molar-refractivity contribution in [1.82, 2.24) is 15.5 Å². The molecule has 96 valence electrons. The number of thiol groups is 1. The molecule has 2 rings (SSSR count). The Morgan fingerprint density at radius 1 is 1.47 bits per heavy atom. The summed E-state index contributed by atoms with van der Waals surface area (Å²) in [6.07, 6.45) is 1.49. The topological polar surface area (TPSA) is 61.4 Å². The summed E-state index contributed by atoms with van der Waals surface area (Å²) >= 11 is 3.82. The minimum Gasteiger partial charge on any atom is -0.337 e. The largest absolute Gasteiger partial charge is 0.337 e. The highest BCUT2D eigenvalue weighted by atomic mass is 32.1. The summed E-state index contributed by atoms with van der Waals surface area (Å²) in [5, 5.41) is 6.25. The van der Waals surface area contributed by atoms with Gasteiger partial charge in [-0.1, -0.05) is 26.5 Å². The van der Waals surface area contributed by atoms with Crippen molar-refractivity contribution in [3.05, 3.63) is 0 Å². The highest BCUT2D eigenvalue weighted by Gasteiger charge is 2.46. The molecule has 2 heterocycles. The van der Waals surface area contributed by atoms with E-state index >= 15 is 0 Å². The van der Waals surface area contributed by atoms with Gasteiger partial charge in [0.05, 0.1) is 11.7 Å². The SMILES string of the molecule is CC(C)C1NC2(CCN(C(=O)S)CC2)NC1=O. The van der Waals surface area contributed by atoms with Gasteiger partial charge in [-0.3, -0.25) is 14.9 Å². The molecule has 2 aliphatic heterocycles. The minimum atomic E-state index is -0.314. The van der Waals surface area contributed by atoms with E-state index in [0.29, 0.717) is 13.1 Å². The number of hydrogen-bond donors (Lipinski definition) is 3. The molecule has 1 spiro atoms. The maximum Gasteiger partial charge on any atom is 0.278 e. The fourth-order valence-corrected chi connectivity index (χ4v) is 2.73. The van der Waals surface area contributed by atoms with Crippen molar-refractivity contribution in [2.45, 2.75) is 38.4 Å². The van der Waals surface area contributed by atoms with Crippen LogP contribution in [0.25, 0.3) is 0 Å². The summed E-state index contributed by atoms with van der Waals surface area (Å²) in [6.45, 7) is 5.34. The Morgan fingerprint density at radius 3 is 2.47 bits per heavy atom. The highest BCUT2D eigenvalue weighted by Crippen LogP contribution is 2.26. The molecule has 0 aromatic carbocycles. The summed E-state index contributed by atoms with van der Waals surface area (Å²) in [4.78, 5) is 24.7. The number of carbonyl (C=O) groups excluding carboxylic acids is 2. The van der Waals surface area contributed by atoms with E-state index in [1.807, 2.05) is 13.8 Å². The van der Waals surface area contributed by atoms with Gasteiger partial charge in [0.2, 0.25) is 5.91 Å². The van der Waals surface area contributed by atoms with E-state index in [-0.39, 0.29) is 28.8 Å². The van der Waals surface area contributed by atoms with Crippen LogP contribution in [0, 0.1) is 5.92 Å².